The average molecular weight is 290 g/mol. The van der Waals surface area contributed by atoms with E-state index in [-0.39, 0.29) is 5.95 Å². The maximum atomic E-state index is 5.75. The van der Waals surface area contributed by atoms with E-state index in [1.54, 1.807) is 4.68 Å². The van der Waals surface area contributed by atoms with Gasteiger partial charge in [0.2, 0.25) is 17.8 Å². The molecule has 0 atom stereocenters. The number of nitrogens with zero attached hydrogens (tertiary/aromatic N) is 6. The van der Waals surface area contributed by atoms with E-state index in [1.807, 2.05) is 24.3 Å². The average Bonchev–Trinajstić information content (AvgIpc) is 2.85. The summed E-state index contributed by atoms with van der Waals surface area (Å²) < 4.78 is 1.79. The van der Waals surface area contributed by atoms with E-state index in [9.17, 15) is 0 Å². The van der Waals surface area contributed by atoms with E-state index in [1.165, 1.54) is 0 Å². The lowest BCUT2D eigenvalue weighted by Crippen LogP contribution is -2.25. The quantitative estimate of drug-likeness (QED) is 0.774. The van der Waals surface area contributed by atoms with Crippen LogP contribution in [0, 0.1) is 0 Å². The number of aromatic nitrogens is 5. The summed E-state index contributed by atoms with van der Waals surface area (Å²) in [6, 6.07) is 0. The maximum absolute atomic E-state index is 5.75. The minimum Gasteiger partial charge on any atom is -0.368 e. The highest BCUT2D eigenvalue weighted by Crippen LogP contribution is 2.11. The Bertz CT molecular complexity index is 575. The second kappa shape index (κ2) is 6.87. The van der Waals surface area contributed by atoms with Gasteiger partial charge >= 0.3 is 0 Å². The Morgan fingerprint density at radius 2 is 2.00 bits per heavy atom. The molecule has 0 bridgehead atoms. The molecule has 0 aromatic carbocycles. The van der Waals surface area contributed by atoms with Crippen molar-refractivity contribution in [3.8, 4) is 0 Å². The molecule has 2 rings (SSSR count). The van der Waals surface area contributed by atoms with Crippen molar-refractivity contribution in [2.45, 2.75) is 20.3 Å². The van der Waals surface area contributed by atoms with E-state index >= 15 is 0 Å². The number of nitrogens with one attached hydrogen (secondary N) is 1. The lowest BCUT2D eigenvalue weighted by molar-refractivity contribution is 0.766. The largest absolute Gasteiger partial charge is 0.368 e. The summed E-state index contributed by atoms with van der Waals surface area (Å²) in [6.45, 7) is 6.48. The van der Waals surface area contributed by atoms with Crippen LogP contribution in [0.25, 0.3) is 0 Å². The van der Waals surface area contributed by atoms with E-state index in [0.29, 0.717) is 18.4 Å². The molecule has 2 heterocycles. The summed E-state index contributed by atoms with van der Waals surface area (Å²) in [5.74, 6) is 1.35. The van der Waals surface area contributed by atoms with E-state index < -0.39 is 0 Å². The standard InChI is InChI=1S/C13H22N8/c1-4-21(5-2)13-18-11(14)17-12(19-13)15-7-6-10-8-16-20(3)9-10/h8-9H,4-7H2,1-3H3,(H3,14,15,17,18,19). The minimum atomic E-state index is 0.232. The number of anilines is 3. The third-order valence-corrected chi connectivity index (χ3v) is 3.14. The molecular formula is C13H22N8. The zero-order valence-electron chi connectivity index (χ0n) is 12.7. The molecule has 3 N–H and O–H groups in total. The van der Waals surface area contributed by atoms with E-state index in [2.05, 4.69) is 39.2 Å². The second-order valence-corrected chi connectivity index (χ2v) is 4.69. The number of nitrogen functional groups attached to an aromatic ring is 1. The fourth-order valence-corrected chi connectivity index (χ4v) is 2.03. The van der Waals surface area contributed by atoms with Crippen molar-refractivity contribution in [1.29, 1.82) is 0 Å². The number of nitrogens with two attached hydrogens (primary N) is 1. The number of hydrogen-bond donors (Lipinski definition) is 2. The highest BCUT2D eigenvalue weighted by atomic mass is 15.3. The minimum absolute atomic E-state index is 0.232. The Kier molecular flexibility index (Phi) is 4.91. The molecule has 0 saturated heterocycles. The first-order valence-electron chi connectivity index (χ1n) is 7.10. The summed E-state index contributed by atoms with van der Waals surface area (Å²) in [7, 11) is 1.90. The fourth-order valence-electron chi connectivity index (χ4n) is 2.03. The molecule has 2 aromatic rings. The van der Waals surface area contributed by atoms with Crippen LogP contribution >= 0.6 is 0 Å². The molecule has 0 saturated carbocycles. The Morgan fingerprint density at radius 3 is 2.62 bits per heavy atom. The summed E-state index contributed by atoms with van der Waals surface area (Å²) >= 11 is 0. The van der Waals surface area contributed by atoms with E-state index in [4.69, 9.17) is 5.73 Å². The van der Waals surface area contributed by atoms with Crippen LogP contribution in [0.5, 0.6) is 0 Å². The van der Waals surface area contributed by atoms with Gasteiger partial charge in [-0.25, -0.2) is 0 Å². The summed E-state index contributed by atoms with van der Waals surface area (Å²) in [5, 5.41) is 7.32. The number of rotatable bonds is 7. The first kappa shape index (κ1) is 15.0. The zero-order valence-corrected chi connectivity index (χ0v) is 12.7. The molecule has 0 aliphatic rings. The third kappa shape index (κ3) is 4.04. The van der Waals surface area contributed by atoms with Crippen molar-refractivity contribution < 1.29 is 0 Å². The van der Waals surface area contributed by atoms with Crippen LogP contribution in [0.1, 0.15) is 19.4 Å². The van der Waals surface area contributed by atoms with Gasteiger partial charge in [-0.1, -0.05) is 0 Å². The predicted molar refractivity (Wildman–Crippen MR) is 83.2 cm³/mol. The van der Waals surface area contributed by atoms with Crippen molar-refractivity contribution in [1.82, 2.24) is 24.7 Å². The predicted octanol–water partition coefficient (Wildman–Crippen LogP) is 0.688. The fraction of sp³-hybridized carbons (Fsp3) is 0.538. The van der Waals surface area contributed by atoms with Crippen LogP contribution < -0.4 is 16.0 Å². The SMILES string of the molecule is CCN(CC)c1nc(N)nc(NCCc2cnn(C)c2)n1. The van der Waals surface area contributed by atoms with Gasteiger partial charge in [-0.2, -0.15) is 20.1 Å². The topological polar surface area (TPSA) is 97.8 Å². The van der Waals surface area contributed by atoms with Crippen LogP contribution in [-0.4, -0.2) is 44.4 Å². The van der Waals surface area contributed by atoms with Crippen LogP contribution in [0.2, 0.25) is 0 Å². The van der Waals surface area contributed by atoms with Crippen molar-refractivity contribution in [2.24, 2.45) is 7.05 Å². The summed E-state index contributed by atoms with van der Waals surface area (Å²) in [4.78, 5) is 14.7. The van der Waals surface area contributed by atoms with Crippen LogP contribution in [0.4, 0.5) is 17.8 Å². The van der Waals surface area contributed by atoms with Gasteiger partial charge in [0.15, 0.2) is 0 Å². The van der Waals surface area contributed by atoms with Crippen molar-refractivity contribution in [2.75, 3.05) is 35.6 Å². The Hall–Kier alpha value is -2.38. The van der Waals surface area contributed by atoms with Gasteiger partial charge in [0.1, 0.15) is 0 Å². The second-order valence-electron chi connectivity index (χ2n) is 4.69. The molecule has 8 nitrogen and oxygen atoms in total. The van der Waals surface area contributed by atoms with Gasteiger partial charge in [0, 0.05) is 32.9 Å². The molecule has 0 unspecified atom stereocenters. The molecule has 114 valence electrons. The molecule has 0 aliphatic carbocycles. The van der Waals surface area contributed by atoms with Crippen LogP contribution in [0.3, 0.4) is 0 Å². The van der Waals surface area contributed by atoms with Crippen molar-refractivity contribution >= 4 is 17.8 Å². The Morgan fingerprint density at radius 1 is 1.24 bits per heavy atom. The highest BCUT2D eigenvalue weighted by Gasteiger charge is 2.09. The van der Waals surface area contributed by atoms with E-state index in [0.717, 1.165) is 25.1 Å². The Balaban J connectivity index is 1.99. The summed E-state index contributed by atoms with van der Waals surface area (Å²) in [5.41, 5.74) is 6.91. The molecule has 0 aliphatic heterocycles. The number of hydrogen-bond acceptors (Lipinski definition) is 7. The van der Waals surface area contributed by atoms with Gasteiger partial charge < -0.3 is 16.0 Å². The lowest BCUT2D eigenvalue weighted by Gasteiger charge is -2.18. The van der Waals surface area contributed by atoms with Crippen LogP contribution in [-0.2, 0) is 13.5 Å². The highest BCUT2D eigenvalue weighted by molar-refractivity contribution is 5.41. The first-order valence-corrected chi connectivity index (χ1v) is 7.10. The smallest absolute Gasteiger partial charge is 0.231 e. The summed E-state index contributed by atoms with van der Waals surface area (Å²) in [6.07, 6.45) is 4.69. The van der Waals surface area contributed by atoms with Crippen molar-refractivity contribution in [3.05, 3.63) is 18.0 Å². The van der Waals surface area contributed by atoms with Crippen LogP contribution in [0.15, 0.2) is 12.4 Å². The Labute approximate surface area is 124 Å². The first-order chi connectivity index (χ1) is 10.1. The molecule has 21 heavy (non-hydrogen) atoms. The number of aryl methyl sites for hydroxylation is 1. The normalized spacial score (nSPS) is 10.6. The molecule has 0 amide bonds. The van der Waals surface area contributed by atoms with Gasteiger partial charge in [0.05, 0.1) is 6.20 Å². The van der Waals surface area contributed by atoms with Gasteiger partial charge in [-0.15, -0.1) is 0 Å². The molecule has 2 aromatic heterocycles. The third-order valence-electron chi connectivity index (χ3n) is 3.14. The molecule has 0 fully saturated rings. The van der Waals surface area contributed by atoms with Gasteiger partial charge in [-0.3, -0.25) is 4.68 Å². The molecular weight excluding hydrogens is 268 g/mol. The van der Waals surface area contributed by atoms with Crippen molar-refractivity contribution in [3.63, 3.8) is 0 Å². The monoisotopic (exact) mass is 290 g/mol. The lowest BCUT2D eigenvalue weighted by atomic mass is 10.2. The maximum Gasteiger partial charge on any atom is 0.231 e. The molecule has 0 radical (unpaired) electrons. The molecule has 8 heteroatoms. The zero-order chi connectivity index (χ0) is 15.2. The van der Waals surface area contributed by atoms with Gasteiger partial charge in [-0.05, 0) is 25.8 Å². The molecule has 0 spiro atoms. The van der Waals surface area contributed by atoms with Gasteiger partial charge in [0.25, 0.3) is 0 Å².